The average molecular weight is 428 g/mol. The lowest BCUT2D eigenvalue weighted by Crippen LogP contribution is -2.30. The number of rotatable bonds is 13. The zero-order valence-electron chi connectivity index (χ0n) is 18.7. The number of benzene rings is 2. The zero-order valence-corrected chi connectivity index (χ0v) is 18.7. The molecule has 7 heteroatoms. The fourth-order valence-electron chi connectivity index (χ4n) is 3.11. The van der Waals surface area contributed by atoms with Gasteiger partial charge in [-0.25, -0.2) is 0 Å². The van der Waals surface area contributed by atoms with E-state index in [-0.39, 0.29) is 5.91 Å². The quantitative estimate of drug-likeness (QED) is 0.225. The van der Waals surface area contributed by atoms with Crippen molar-refractivity contribution in [2.75, 3.05) is 33.4 Å². The van der Waals surface area contributed by atoms with Crippen LogP contribution in [0, 0.1) is 0 Å². The molecule has 0 atom stereocenters. The highest BCUT2D eigenvalue weighted by Crippen LogP contribution is 2.29. The number of carbonyl (C=O) groups excluding carboxylic acids is 1. The van der Waals surface area contributed by atoms with E-state index in [1.54, 1.807) is 36.4 Å². The van der Waals surface area contributed by atoms with Crippen molar-refractivity contribution in [1.29, 1.82) is 0 Å². The van der Waals surface area contributed by atoms with E-state index < -0.39 is 0 Å². The third-order valence-corrected chi connectivity index (χ3v) is 4.88. The Balaban J connectivity index is 1.76. The van der Waals surface area contributed by atoms with Crippen molar-refractivity contribution >= 4 is 12.1 Å². The van der Waals surface area contributed by atoms with Crippen LogP contribution in [0.15, 0.2) is 47.6 Å². The van der Waals surface area contributed by atoms with E-state index in [0.717, 1.165) is 30.6 Å². The van der Waals surface area contributed by atoms with Gasteiger partial charge in [-0.1, -0.05) is 0 Å². The van der Waals surface area contributed by atoms with E-state index in [2.05, 4.69) is 5.10 Å². The van der Waals surface area contributed by atoms with Crippen LogP contribution in [0.25, 0.3) is 0 Å². The van der Waals surface area contributed by atoms with E-state index in [4.69, 9.17) is 20.1 Å². The van der Waals surface area contributed by atoms with Gasteiger partial charge in [-0.15, -0.1) is 0 Å². The maximum absolute atomic E-state index is 12.6. The molecule has 0 heterocycles. The molecule has 2 aromatic rings. The largest absolute Gasteiger partial charge is 0.494 e. The maximum atomic E-state index is 12.6. The van der Waals surface area contributed by atoms with Gasteiger partial charge >= 0.3 is 0 Å². The van der Waals surface area contributed by atoms with E-state index in [0.29, 0.717) is 43.4 Å². The Kier molecular flexibility index (Phi) is 10.2. The molecule has 0 aliphatic heterocycles. The molecule has 1 amide bonds. The number of unbranched alkanes of at least 4 members (excludes halogenated alkanes) is 2. The van der Waals surface area contributed by atoms with Crippen molar-refractivity contribution in [3.8, 4) is 17.2 Å². The fourth-order valence-corrected chi connectivity index (χ4v) is 3.11. The number of nitrogens with zero attached hydrogens (tertiary/aromatic N) is 2. The minimum atomic E-state index is -0.00185. The van der Waals surface area contributed by atoms with Crippen molar-refractivity contribution in [3.63, 3.8) is 0 Å². The highest BCUT2D eigenvalue weighted by Gasteiger charge is 2.15. The van der Waals surface area contributed by atoms with Crippen molar-refractivity contribution in [2.24, 2.45) is 10.9 Å². The summed E-state index contributed by atoms with van der Waals surface area (Å²) in [4.78, 5) is 14.4. The Morgan fingerprint density at radius 2 is 1.65 bits per heavy atom. The molecule has 0 aromatic heterocycles. The van der Waals surface area contributed by atoms with Crippen LogP contribution in [0.1, 0.15) is 49.0 Å². The first-order valence-electron chi connectivity index (χ1n) is 10.7. The fraction of sp³-hybridized carbons (Fsp3) is 0.417. The van der Waals surface area contributed by atoms with E-state index in [1.165, 1.54) is 0 Å². The smallest absolute Gasteiger partial charge is 0.253 e. The van der Waals surface area contributed by atoms with Crippen LogP contribution < -0.4 is 20.1 Å². The predicted molar refractivity (Wildman–Crippen MR) is 123 cm³/mol. The van der Waals surface area contributed by atoms with Crippen LogP contribution in [0.2, 0.25) is 0 Å². The Hall–Kier alpha value is -3.22. The summed E-state index contributed by atoms with van der Waals surface area (Å²) in [6.07, 6.45) is 4.37. The van der Waals surface area contributed by atoms with E-state index >= 15 is 0 Å². The molecule has 31 heavy (non-hydrogen) atoms. The number of amides is 1. The lowest BCUT2D eigenvalue weighted by Gasteiger charge is -2.19. The molecule has 0 bridgehead atoms. The van der Waals surface area contributed by atoms with Crippen molar-refractivity contribution in [3.05, 3.63) is 53.6 Å². The lowest BCUT2D eigenvalue weighted by molar-refractivity contribution is 0.0772. The van der Waals surface area contributed by atoms with Crippen LogP contribution in [-0.2, 0) is 0 Å². The topological polar surface area (TPSA) is 86.4 Å². The summed E-state index contributed by atoms with van der Waals surface area (Å²) < 4.78 is 17.0. The molecule has 2 rings (SSSR count). The highest BCUT2D eigenvalue weighted by molar-refractivity contribution is 5.94. The van der Waals surface area contributed by atoms with Crippen molar-refractivity contribution in [2.45, 2.75) is 33.1 Å². The molecule has 0 aliphatic carbocycles. The Morgan fingerprint density at radius 3 is 2.26 bits per heavy atom. The predicted octanol–water partition coefficient (Wildman–Crippen LogP) is 4.10. The number of methoxy groups -OCH3 is 1. The van der Waals surface area contributed by atoms with Crippen LogP contribution in [0.3, 0.4) is 0 Å². The number of hydrogen-bond acceptors (Lipinski definition) is 6. The monoisotopic (exact) mass is 427 g/mol. The Bertz CT molecular complexity index is 833. The second-order valence-corrected chi connectivity index (χ2v) is 6.95. The Labute approximate surface area is 184 Å². The number of hydrazone groups is 1. The molecule has 168 valence electrons. The van der Waals surface area contributed by atoms with E-state index in [1.807, 2.05) is 38.1 Å². The molecular formula is C24H33N3O4. The number of carbonyl (C=O) groups is 1. The molecule has 2 N–H and O–H groups in total. The standard InChI is InChI=1S/C24H33N3O4/c1-4-27(5-2)24(28)20-11-14-22(29-3)23(17-20)31-16-8-6-7-15-30-21-12-9-19(10-13-21)18-26-25/h9-14,17-18H,4-8,15-16,25H2,1-3H3. The highest BCUT2D eigenvalue weighted by atomic mass is 16.5. The maximum Gasteiger partial charge on any atom is 0.253 e. The second kappa shape index (κ2) is 13.2. The van der Waals surface area contributed by atoms with Crippen LogP contribution in [0.4, 0.5) is 0 Å². The SMILES string of the molecule is CCN(CC)C(=O)c1ccc(OC)c(OCCCCCOc2ccc(C=NN)cc2)c1. The molecule has 0 radical (unpaired) electrons. The van der Waals surface area contributed by atoms with Gasteiger partial charge in [0.05, 0.1) is 26.5 Å². The third-order valence-electron chi connectivity index (χ3n) is 4.88. The summed E-state index contributed by atoms with van der Waals surface area (Å²) in [6, 6.07) is 12.9. The third kappa shape index (κ3) is 7.51. The van der Waals surface area contributed by atoms with Gasteiger partial charge in [0, 0.05) is 18.7 Å². The number of nitrogens with two attached hydrogens (primary N) is 1. The minimum absolute atomic E-state index is 0.00185. The molecule has 2 aromatic carbocycles. The first kappa shape index (κ1) is 24.1. The summed E-state index contributed by atoms with van der Waals surface area (Å²) in [5.74, 6) is 7.18. The van der Waals surface area contributed by atoms with Crippen LogP contribution in [0.5, 0.6) is 17.2 Å². The van der Waals surface area contributed by atoms with Gasteiger partial charge in [0.2, 0.25) is 0 Å². The number of hydrogen-bond donors (Lipinski definition) is 1. The van der Waals surface area contributed by atoms with Gasteiger partial charge < -0.3 is 25.0 Å². The van der Waals surface area contributed by atoms with Gasteiger partial charge in [0.15, 0.2) is 11.5 Å². The molecule has 0 aliphatic rings. The van der Waals surface area contributed by atoms with Gasteiger partial charge in [-0.3, -0.25) is 4.79 Å². The number of ether oxygens (including phenoxy) is 3. The van der Waals surface area contributed by atoms with Gasteiger partial charge in [-0.2, -0.15) is 5.10 Å². The molecule has 0 spiro atoms. The molecule has 0 fully saturated rings. The summed E-state index contributed by atoms with van der Waals surface area (Å²) >= 11 is 0. The van der Waals surface area contributed by atoms with Crippen LogP contribution >= 0.6 is 0 Å². The summed E-state index contributed by atoms with van der Waals surface area (Å²) in [5.41, 5.74) is 1.54. The lowest BCUT2D eigenvalue weighted by atomic mass is 10.1. The van der Waals surface area contributed by atoms with Crippen LogP contribution in [-0.4, -0.2) is 50.4 Å². The second-order valence-electron chi connectivity index (χ2n) is 6.95. The Morgan fingerprint density at radius 1 is 0.968 bits per heavy atom. The zero-order chi connectivity index (χ0) is 22.5. The summed E-state index contributed by atoms with van der Waals surface area (Å²) in [5, 5.41) is 3.50. The van der Waals surface area contributed by atoms with Crippen molar-refractivity contribution < 1.29 is 19.0 Å². The van der Waals surface area contributed by atoms with Gasteiger partial charge in [0.1, 0.15) is 5.75 Å². The molecule has 0 saturated heterocycles. The average Bonchev–Trinajstić information content (AvgIpc) is 2.80. The van der Waals surface area contributed by atoms with Gasteiger partial charge in [0.25, 0.3) is 5.91 Å². The molecule has 7 nitrogen and oxygen atoms in total. The molecule has 0 unspecified atom stereocenters. The summed E-state index contributed by atoms with van der Waals surface area (Å²) in [7, 11) is 1.60. The van der Waals surface area contributed by atoms with Crippen molar-refractivity contribution in [1.82, 2.24) is 4.90 Å². The molecular weight excluding hydrogens is 394 g/mol. The van der Waals surface area contributed by atoms with Gasteiger partial charge in [-0.05, 0) is 81.1 Å². The first-order valence-corrected chi connectivity index (χ1v) is 10.7. The minimum Gasteiger partial charge on any atom is -0.494 e. The first-order chi connectivity index (χ1) is 15.1. The molecule has 0 saturated carbocycles. The van der Waals surface area contributed by atoms with E-state index in [9.17, 15) is 4.79 Å². The summed E-state index contributed by atoms with van der Waals surface area (Å²) in [6.45, 7) is 6.47. The normalized spacial score (nSPS) is 10.8.